The second kappa shape index (κ2) is 4.59. The maximum atomic E-state index is 10.8. The molecule has 1 fully saturated rings. The first-order valence-corrected chi connectivity index (χ1v) is 6.48. The Hall–Kier alpha value is -2.01. The molecular weight excluding hydrogens is 240 g/mol. The van der Waals surface area contributed by atoms with E-state index >= 15 is 0 Å². The molecule has 2 aromatic rings. The van der Waals surface area contributed by atoms with Gasteiger partial charge in [-0.1, -0.05) is 13.0 Å². The smallest absolute Gasteiger partial charge is 0.0568 e. The Kier molecular flexibility index (Phi) is 2.91. The molecule has 0 amide bonds. The molecule has 2 atom stereocenters. The van der Waals surface area contributed by atoms with Crippen molar-refractivity contribution in [2.24, 2.45) is 11.8 Å². The third-order valence-electron chi connectivity index (χ3n) is 3.83. The summed E-state index contributed by atoms with van der Waals surface area (Å²) in [6, 6.07) is 5.39. The lowest BCUT2D eigenvalue weighted by Crippen LogP contribution is -2.00. The van der Waals surface area contributed by atoms with Gasteiger partial charge in [-0.3, -0.25) is 4.68 Å². The number of hydrogen-bond donors (Lipinski definition) is 2. The maximum Gasteiger partial charge on any atom is 0.0568 e. The Labute approximate surface area is 112 Å². The van der Waals surface area contributed by atoms with E-state index in [-0.39, 0.29) is 0 Å². The van der Waals surface area contributed by atoms with Gasteiger partial charge in [0.15, 0.2) is 0 Å². The van der Waals surface area contributed by atoms with Gasteiger partial charge >= 0.3 is 0 Å². The van der Waals surface area contributed by atoms with Gasteiger partial charge in [0.1, 0.15) is 0 Å². The highest BCUT2D eigenvalue weighted by atomic mass is 16.5. The molecule has 0 bridgehead atoms. The molecule has 5 nitrogen and oxygen atoms in total. The molecule has 3 N–H and O–H groups in total. The molecule has 0 radical (unpaired) electrons. The predicted octanol–water partition coefficient (Wildman–Crippen LogP) is 2.70. The number of nitrogens with two attached hydrogens (primary N) is 1. The molecule has 0 aliphatic heterocycles. The van der Waals surface area contributed by atoms with E-state index in [9.17, 15) is 5.21 Å². The van der Waals surface area contributed by atoms with Crippen LogP contribution in [0.3, 0.4) is 0 Å². The van der Waals surface area contributed by atoms with E-state index in [0.29, 0.717) is 11.4 Å². The van der Waals surface area contributed by atoms with Gasteiger partial charge in [0.2, 0.25) is 0 Å². The topological polar surface area (TPSA) is 78.9 Å². The van der Waals surface area contributed by atoms with Crippen molar-refractivity contribution >= 4 is 11.4 Å². The maximum absolute atomic E-state index is 10.8. The van der Waals surface area contributed by atoms with Crippen LogP contribution in [0.4, 0.5) is 11.4 Å². The molecule has 1 saturated carbocycles. The molecule has 1 aromatic heterocycles. The van der Waals surface area contributed by atoms with Crippen molar-refractivity contribution in [3.8, 4) is 11.1 Å². The van der Waals surface area contributed by atoms with Crippen LogP contribution in [0.1, 0.15) is 13.3 Å². The summed E-state index contributed by atoms with van der Waals surface area (Å²) in [5.41, 5.74) is 10.4. The molecule has 1 aliphatic rings. The van der Waals surface area contributed by atoms with Crippen molar-refractivity contribution in [2.75, 3.05) is 11.2 Å². The molecule has 19 heavy (non-hydrogen) atoms. The molecule has 2 unspecified atom stereocenters. The van der Waals surface area contributed by atoms with E-state index in [1.165, 1.54) is 6.42 Å². The monoisotopic (exact) mass is 257 g/mol. The highest BCUT2D eigenvalue weighted by Gasteiger charge is 2.32. The van der Waals surface area contributed by atoms with Gasteiger partial charge in [-0.15, -0.1) is 0 Å². The number of nitrogens with zero attached hydrogens (tertiary/aromatic N) is 2. The summed E-state index contributed by atoms with van der Waals surface area (Å²) in [5, 5.41) is 15.2. The van der Waals surface area contributed by atoms with E-state index in [0.717, 1.165) is 29.5 Å². The van der Waals surface area contributed by atoms with Crippen LogP contribution in [0.5, 0.6) is 0 Å². The van der Waals surface area contributed by atoms with Gasteiger partial charge in [-0.2, -0.15) is 5.10 Å². The van der Waals surface area contributed by atoms with Crippen molar-refractivity contribution in [1.29, 1.82) is 0 Å². The number of aromatic nitrogens is 2. The lowest BCUT2D eigenvalue weighted by Gasteiger charge is -2.13. The van der Waals surface area contributed by atoms with E-state index < -0.39 is 0 Å². The summed E-state index contributed by atoms with van der Waals surface area (Å²) in [5.74, 6) is 1.58. The van der Waals surface area contributed by atoms with Gasteiger partial charge in [-0.25, -0.2) is 0 Å². The van der Waals surface area contributed by atoms with Crippen molar-refractivity contribution < 1.29 is 0 Å². The van der Waals surface area contributed by atoms with Crippen molar-refractivity contribution in [3.05, 3.63) is 35.8 Å². The summed E-state index contributed by atoms with van der Waals surface area (Å²) in [6.07, 6.45) is 5.14. The minimum Gasteiger partial charge on any atom is -0.761 e. The van der Waals surface area contributed by atoms with Crippen LogP contribution in [-0.4, -0.2) is 9.78 Å². The Morgan fingerprint density at radius 1 is 1.47 bits per heavy atom. The Balaban J connectivity index is 1.81. The fraction of sp³-hybridized carbons (Fsp3) is 0.357. The second-order valence-corrected chi connectivity index (χ2v) is 5.33. The zero-order valence-corrected chi connectivity index (χ0v) is 10.8. The lowest BCUT2D eigenvalue weighted by molar-refractivity contribution is 0.540. The minimum atomic E-state index is 0.404. The summed E-state index contributed by atoms with van der Waals surface area (Å²) in [6.45, 7) is 3.24. The zero-order valence-electron chi connectivity index (χ0n) is 10.8. The van der Waals surface area contributed by atoms with Crippen molar-refractivity contribution in [2.45, 2.75) is 19.9 Å². The second-order valence-electron chi connectivity index (χ2n) is 5.33. The average molecular weight is 257 g/mol. The van der Waals surface area contributed by atoms with E-state index in [2.05, 4.69) is 12.0 Å². The quantitative estimate of drug-likeness (QED) is 0.652. The Morgan fingerprint density at radius 2 is 2.26 bits per heavy atom. The number of nitrogen functional groups attached to an aromatic ring is 1. The SMILES string of the molecule is CC1CC1Cn1cc(-c2ccc(N)c(N[O-])c2)cn1. The van der Waals surface area contributed by atoms with Crippen molar-refractivity contribution in [1.82, 2.24) is 9.78 Å². The van der Waals surface area contributed by atoms with Gasteiger partial charge in [0, 0.05) is 24.0 Å². The van der Waals surface area contributed by atoms with Crippen LogP contribution in [0, 0.1) is 17.0 Å². The third kappa shape index (κ3) is 2.42. The van der Waals surface area contributed by atoms with E-state index in [1.807, 2.05) is 28.6 Å². The summed E-state index contributed by atoms with van der Waals surface area (Å²) in [4.78, 5) is 0. The molecule has 5 heteroatoms. The number of rotatable bonds is 4. The summed E-state index contributed by atoms with van der Waals surface area (Å²) < 4.78 is 1.98. The number of nitrogens with one attached hydrogen (secondary N) is 1. The molecule has 1 heterocycles. The number of anilines is 2. The van der Waals surface area contributed by atoms with Gasteiger partial charge in [0.25, 0.3) is 0 Å². The van der Waals surface area contributed by atoms with Gasteiger partial charge in [-0.05, 0) is 36.0 Å². The molecule has 1 aliphatic carbocycles. The first-order chi connectivity index (χ1) is 9.17. The fourth-order valence-corrected chi connectivity index (χ4v) is 2.33. The van der Waals surface area contributed by atoms with Crippen LogP contribution >= 0.6 is 0 Å². The van der Waals surface area contributed by atoms with Crippen LogP contribution in [0.15, 0.2) is 30.6 Å². The van der Waals surface area contributed by atoms with Gasteiger partial charge in [0.05, 0.1) is 11.9 Å². The highest BCUT2D eigenvalue weighted by molar-refractivity contribution is 5.75. The van der Waals surface area contributed by atoms with Crippen molar-refractivity contribution in [3.63, 3.8) is 0 Å². The normalized spacial score (nSPS) is 21.4. The largest absolute Gasteiger partial charge is 0.761 e. The average Bonchev–Trinajstić information content (AvgIpc) is 2.90. The van der Waals surface area contributed by atoms with Crippen LogP contribution in [0.2, 0.25) is 0 Å². The molecule has 3 rings (SSSR count). The first kappa shape index (κ1) is 12.0. The first-order valence-electron chi connectivity index (χ1n) is 6.48. The molecule has 0 spiro atoms. The minimum absolute atomic E-state index is 0.404. The molecule has 1 aromatic carbocycles. The molecule has 100 valence electrons. The lowest BCUT2D eigenvalue weighted by atomic mass is 10.1. The Morgan fingerprint density at radius 3 is 2.95 bits per heavy atom. The zero-order chi connectivity index (χ0) is 13.4. The molecule has 0 saturated heterocycles. The number of benzene rings is 1. The molecular formula is C14H17N4O-. The highest BCUT2D eigenvalue weighted by Crippen LogP contribution is 2.39. The van der Waals surface area contributed by atoms with Crippen LogP contribution < -0.4 is 11.2 Å². The summed E-state index contributed by atoms with van der Waals surface area (Å²) >= 11 is 0. The Bertz CT molecular complexity index is 593. The third-order valence-corrected chi connectivity index (χ3v) is 3.83. The standard InChI is InChI=1S/C14H17N4O/c1-9-4-11(9)7-18-8-12(6-16-18)10-2-3-13(15)14(5-10)17-19/h2-3,5-6,8-9,11,17H,4,7,15H2,1H3/q-1. The predicted molar refractivity (Wildman–Crippen MR) is 76.3 cm³/mol. The van der Waals surface area contributed by atoms with Crippen LogP contribution in [0.25, 0.3) is 11.1 Å². The fourth-order valence-electron chi connectivity index (χ4n) is 2.33. The van der Waals surface area contributed by atoms with Gasteiger partial charge < -0.3 is 16.4 Å². The van der Waals surface area contributed by atoms with Crippen LogP contribution in [-0.2, 0) is 6.54 Å². The summed E-state index contributed by atoms with van der Waals surface area (Å²) in [7, 11) is 0. The van der Waals surface area contributed by atoms with E-state index in [4.69, 9.17) is 5.73 Å². The number of hydrogen-bond acceptors (Lipinski definition) is 4. The van der Waals surface area contributed by atoms with E-state index in [1.54, 1.807) is 12.1 Å².